The summed E-state index contributed by atoms with van der Waals surface area (Å²) in [5.41, 5.74) is -12.2. The maximum absolute atomic E-state index is 15.4. The van der Waals surface area contributed by atoms with Gasteiger partial charge in [-0.2, -0.15) is 9.83 Å². The lowest BCUT2D eigenvalue weighted by atomic mass is 9.12. The molecule has 0 fully saturated rings. The monoisotopic (exact) mass is 889 g/mol. The predicted octanol–water partition coefficient (Wildman–Crippen LogP) is 7.33. The van der Waals surface area contributed by atoms with Gasteiger partial charge in [0.15, 0.2) is 82.5 Å². The lowest BCUT2D eigenvalue weighted by Gasteiger charge is -2.44. The lowest BCUT2D eigenvalue weighted by molar-refractivity contribution is -0.695. The van der Waals surface area contributed by atoms with Gasteiger partial charge in [-0.3, -0.25) is 4.98 Å². The molecule has 0 aliphatic carbocycles. The van der Waals surface area contributed by atoms with Crippen molar-refractivity contribution in [2.45, 2.75) is 13.0 Å². The van der Waals surface area contributed by atoms with Crippen LogP contribution in [0, 0.1) is 128 Å². The first-order valence-electron chi connectivity index (χ1n) is 16.1. The van der Waals surface area contributed by atoms with Gasteiger partial charge in [0.25, 0.3) is 0 Å². The number of benzene rings is 5. The second-order valence-corrected chi connectivity index (χ2v) is 12.3. The van der Waals surface area contributed by atoms with Crippen molar-refractivity contribution in [1.29, 1.82) is 5.26 Å². The summed E-state index contributed by atoms with van der Waals surface area (Å²) in [6.07, 6.45) is -1.44. The number of nitrogens with zero attached hydrogens (tertiary/aromatic N) is 3. The number of halogens is 20. The fourth-order valence-corrected chi connectivity index (χ4v) is 6.45. The van der Waals surface area contributed by atoms with Crippen LogP contribution in [-0.2, 0) is 13.0 Å². The number of aromatic nitrogens is 2. The van der Waals surface area contributed by atoms with E-state index in [0.29, 0.717) is 6.42 Å². The summed E-state index contributed by atoms with van der Waals surface area (Å²) in [5.74, 6) is -71.4. The van der Waals surface area contributed by atoms with E-state index < -0.39 is 144 Å². The maximum Gasteiger partial charge on any atom is 0.214 e. The SMILES string of the molecule is Fc1c(F)c(F)c([B-](c2c(F)c(F)c(F)c(F)c2F)(c2c(F)c(F)c(F)c(F)c2F)c2c(F)c(F)c(F)c(F)c2F)c(F)c1F.N#CCc1cncc[n+]1Cc1ccccc1. The third kappa shape index (κ3) is 7.24. The zero-order valence-corrected chi connectivity index (χ0v) is 29.0. The molecule has 1 heterocycles. The topological polar surface area (TPSA) is 40.6 Å². The molecule has 5 aromatic carbocycles. The molecule has 0 saturated heterocycles. The van der Waals surface area contributed by atoms with E-state index in [1.54, 1.807) is 12.4 Å². The minimum Gasteiger partial charge on any atom is -0.252 e. The third-order valence-corrected chi connectivity index (χ3v) is 9.09. The standard InChI is InChI=1S/C24BF20.C13H12N3/c26-5-1(6(27)14(35)21(42)13(5)34)25(2-7(28)15(36)22(43)16(37)8(2)29,3-9(30)17(38)23(44)18(39)10(3)31)4-11(32)19(40)24(45)20(41)12(4)33;14-7-6-13-10-15-8-9-16(13)11-12-4-2-1-3-5-12/h;1-5,8-10H,6,11H2/q-1;+1. The number of hydrogen-bond donors (Lipinski definition) is 0. The molecule has 318 valence electrons. The predicted molar refractivity (Wildman–Crippen MR) is 169 cm³/mol. The van der Waals surface area contributed by atoms with Crippen molar-refractivity contribution in [1.82, 2.24) is 4.98 Å². The van der Waals surface area contributed by atoms with E-state index in [2.05, 4.69) is 23.2 Å². The molecule has 61 heavy (non-hydrogen) atoms. The van der Waals surface area contributed by atoms with E-state index in [1.807, 2.05) is 29.0 Å². The highest BCUT2D eigenvalue weighted by molar-refractivity contribution is 7.20. The molecule has 1 aromatic heterocycles. The van der Waals surface area contributed by atoms with Crippen molar-refractivity contribution in [3.63, 3.8) is 0 Å². The molecule has 6 rings (SSSR count). The summed E-state index contributed by atoms with van der Waals surface area (Å²) in [5, 5.41) is 8.72. The van der Waals surface area contributed by atoms with E-state index in [1.165, 1.54) is 5.56 Å². The van der Waals surface area contributed by atoms with Gasteiger partial charge in [-0.15, -0.1) is 21.9 Å². The summed E-state index contributed by atoms with van der Waals surface area (Å²) in [6, 6.07) is 12.3. The zero-order chi connectivity index (χ0) is 45.6. The van der Waals surface area contributed by atoms with Gasteiger partial charge in [0.2, 0.25) is 5.69 Å². The average Bonchev–Trinajstić information content (AvgIpc) is 3.25. The Morgan fingerprint density at radius 2 is 0.705 bits per heavy atom. The van der Waals surface area contributed by atoms with Gasteiger partial charge < -0.3 is 0 Å². The Morgan fingerprint density at radius 1 is 0.426 bits per heavy atom. The summed E-state index contributed by atoms with van der Waals surface area (Å²) in [4.78, 5) is 4.03. The molecule has 0 atom stereocenters. The van der Waals surface area contributed by atoms with Gasteiger partial charge in [-0.25, -0.2) is 87.8 Å². The van der Waals surface area contributed by atoms with Gasteiger partial charge in [0.05, 0.1) is 18.5 Å². The van der Waals surface area contributed by atoms with E-state index >= 15 is 35.1 Å². The molecule has 0 amide bonds. The molecule has 0 aliphatic rings. The van der Waals surface area contributed by atoms with Crippen LogP contribution in [0.15, 0.2) is 48.9 Å². The van der Waals surface area contributed by atoms with Crippen LogP contribution in [0.4, 0.5) is 87.8 Å². The van der Waals surface area contributed by atoms with Gasteiger partial charge in [-0.1, -0.05) is 30.3 Å². The number of nitriles is 1. The summed E-state index contributed by atoms with van der Waals surface area (Å²) in [6.45, 7) is 0.778. The van der Waals surface area contributed by atoms with Crippen molar-refractivity contribution < 1.29 is 92.4 Å². The fraction of sp³-hybridized carbons (Fsp3) is 0.0541. The quantitative estimate of drug-likeness (QED) is 0.0555. The largest absolute Gasteiger partial charge is 0.252 e. The minimum atomic E-state index is -7.22. The molecule has 3 nitrogen and oxygen atoms in total. The van der Waals surface area contributed by atoms with Crippen LogP contribution in [0.1, 0.15) is 11.3 Å². The number of hydrogen-bond acceptors (Lipinski definition) is 2. The van der Waals surface area contributed by atoms with Crippen LogP contribution in [0.2, 0.25) is 0 Å². The van der Waals surface area contributed by atoms with Gasteiger partial charge in [-0.05, 0) is 0 Å². The molecule has 0 saturated carbocycles. The average molecular weight is 889 g/mol. The maximum atomic E-state index is 15.4. The van der Waals surface area contributed by atoms with Crippen LogP contribution in [-0.4, -0.2) is 11.1 Å². The normalized spacial score (nSPS) is 11.4. The second-order valence-electron chi connectivity index (χ2n) is 12.3. The molecule has 0 radical (unpaired) electrons. The van der Waals surface area contributed by atoms with Crippen molar-refractivity contribution in [2.24, 2.45) is 0 Å². The highest BCUT2D eigenvalue weighted by Crippen LogP contribution is 2.30. The van der Waals surface area contributed by atoms with Crippen LogP contribution >= 0.6 is 0 Å². The Bertz CT molecular complexity index is 2400. The first kappa shape index (κ1) is 45.4. The first-order chi connectivity index (χ1) is 28.6. The first-order valence-corrected chi connectivity index (χ1v) is 16.1. The number of rotatable bonds is 7. The Balaban J connectivity index is 0.000000366. The molecular weight excluding hydrogens is 877 g/mol. The summed E-state index contributed by atoms with van der Waals surface area (Å²) < 4.78 is 296. The van der Waals surface area contributed by atoms with E-state index in [0.717, 1.165) is 12.2 Å². The van der Waals surface area contributed by atoms with Crippen molar-refractivity contribution in [2.75, 3.05) is 0 Å². The molecular formula is C37H12BF20N3. The van der Waals surface area contributed by atoms with Crippen LogP contribution < -0.4 is 26.4 Å². The van der Waals surface area contributed by atoms with E-state index in [9.17, 15) is 52.7 Å². The lowest BCUT2D eigenvalue weighted by Crippen LogP contribution is -2.81. The van der Waals surface area contributed by atoms with Gasteiger partial charge >= 0.3 is 0 Å². The van der Waals surface area contributed by atoms with Crippen molar-refractivity contribution >= 4 is 28.0 Å². The Hall–Kier alpha value is -6.67. The molecule has 0 aliphatic heterocycles. The highest BCUT2D eigenvalue weighted by atomic mass is 19.2. The molecule has 6 aromatic rings. The second kappa shape index (κ2) is 17.1. The zero-order valence-electron chi connectivity index (χ0n) is 29.0. The Labute approximate surface area is 326 Å². The van der Waals surface area contributed by atoms with Crippen LogP contribution in [0.25, 0.3) is 0 Å². The fourth-order valence-electron chi connectivity index (χ4n) is 6.45. The molecule has 0 unspecified atom stereocenters. The molecule has 0 bridgehead atoms. The van der Waals surface area contributed by atoms with Crippen LogP contribution in [0.5, 0.6) is 0 Å². The van der Waals surface area contributed by atoms with E-state index in [4.69, 9.17) is 5.26 Å². The summed E-state index contributed by atoms with van der Waals surface area (Å²) >= 11 is 0. The van der Waals surface area contributed by atoms with E-state index in [-0.39, 0.29) is 0 Å². The van der Waals surface area contributed by atoms with Crippen LogP contribution in [0.3, 0.4) is 0 Å². The van der Waals surface area contributed by atoms with Gasteiger partial charge in [0, 0.05) is 5.56 Å². The summed E-state index contributed by atoms with van der Waals surface area (Å²) in [7, 11) is 0. The van der Waals surface area contributed by atoms with Gasteiger partial charge in [0.1, 0.15) is 59.1 Å². The molecule has 24 heteroatoms. The van der Waals surface area contributed by atoms with Crippen molar-refractivity contribution in [3.05, 3.63) is 177 Å². The Kier molecular flexibility index (Phi) is 12.8. The third-order valence-electron chi connectivity index (χ3n) is 9.09. The Morgan fingerprint density at radius 3 is 0.984 bits per heavy atom. The highest BCUT2D eigenvalue weighted by Gasteiger charge is 2.52. The molecule has 0 spiro atoms. The van der Waals surface area contributed by atoms with Crippen molar-refractivity contribution in [3.8, 4) is 6.07 Å². The minimum absolute atomic E-state index is 0.390. The molecule has 0 N–H and O–H groups in total. The smallest absolute Gasteiger partial charge is 0.214 e.